The van der Waals surface area contributed by atoms with Crippen molar-refractivity contribution >= 4 is 17.5 Å². The first-order chi connectivity index (χ1) is 9.15. The van der Waals surface area contributed by atoms with E-state index in [2.05, 4.69) is 9.88 Å². The molecule has 1 aliphatic heterocycles. The van der Waals surface area contributed by atoms with Crippen LogP contribution in [0.4, 0.5) is 11.5 Å². The number of hydrogen-bond donors (Lipinski definition) is 2. The Balaban J connectivity index is 2.22. The molecule has 6 heteroatoms. The summed E-state index contributed by atoms with van der Waals surface area (Å²) in [5, 5.41) is 8.98. The summed E-state index contributed by atoms with van der Waals surface area (Å²) in [6, 6.07) is 1.54. The highest BCUT2D eigenvalue weighted by molar-refractivity contribution is 5.96. The molecular weight excluding hydrogens is 246 g/mol. The Morgan fingerprint density at radius 2 is 2.47 bits per heavy atom. The van der Waals surface area contributed by atoms with Gasteiger partial charge in [-0.3, -0.25) is 0 Å². The van der Waals surface area contributed by atoms with E-state index in [1.54, 1.807) is 12.3 Å². The molecule has 1 aliphatic rings. The van der Waals surface area contributed by atoms with Crippen LogP contribution in [-0.2, 0) is 4.74 Å². The Hall–Kier alpha value is -1.82. The normalized spacial score (nSPS) is 18.6. The molecule has 1 fully saturated rings. The highest BCUT2D eigenvalue weighted by Gasteiger charge is 2.26. The maximum atomic E-state index is 11.8. The fourth-order valence-corrected chi connectivity index (χ4v) is 2.46. The minimum atomic E-state index is -0.408. The second-order valence-electron chi connectivity index (χ2n) is 4.73. The highest BCUT2D eigenvalue weighted by Crippen LogP contribution is 2.29. The lowest BCUT2D eigenvalue weighted by Crippen LogP contribution is -2.23. The maximum Gasteiger partial charge on any atom is 0.340 e. The minimum absolute atomic E-state index is 0.197. The van der Waals surface area contributed by atoms with Crippen molar-refractivity contribution in [2.75, 3.05) is 37.4 Å². The first-order valence-electron chi connectivity index (χ1n) is 6.35. The Labute approximate surface area is 112 Å². The molecule has 0 saturated carbocycles. The van der Waals surface area contributed by atoms with Gasteiger partial charge in [0.25, 0.3) is 0 Å². The molecule has 104 valence electrons. The number of aliphatic hydroxyl groups is 1. The van der Waals surface area contributed by atoms with Crippen LogP contribution in [-0.4, -0.2) is 42.9 Å². The van der Waals surface area contributed by atoms with E-state index in [0.29, 0.717) is 17.3 Å². The number of carbonyl (C=O) groups is 1. The van der Waals surface area contributed by atoms with Crippen LogP contribution in [0.2, 0.25) is 0 Å². The second-order valence-corrected chi connectivity index (χ2v) is 4.73. The molecule has 19 heavy (non-hydrogen) atoms. The summed E-state index contributed by atoms with van der Waals surface area (Å²) in [5.41, 5.74) is 6.82. The number of anilines is 2. The van der Waals surface area contributed by atoms with Crippen LogP contribution in [0.25, 0.3) is 0 Å². The van der Waals surface area contributed by atoms with Crippen molar-refractivity contribution in [1.29, 1.82) is 0 Å². The van der Waals surface area contributed by atoms with Gasteiger partial charge in [-0.15, -0.1) is 0 Å². The van der Waals surface area contributed by atoms with Crippen molar-refractivity contribution in [1.82, 2.24) is 4.98 Å². The summed E-state index contributed by atoms with van der Waals surface area (Å²) in [4.78, 5) is 17.9. The largest absolute Gasteiger partial charge is 0.465 e. The number of hydrogen-bond acceptors (Lipinski definition) is 6. The predicted molar refractivity (Wildman–Crippen MR) is 72.0 cm³/mol. The van der Waals surface area contributed by atoms with Crippen molar-refractivity contribution in [2.45, 2.75) is 12.8 Å². The van der Waals surface area contributed by atoms with Gasteiger partial charge in [0.15, 0.2) is 0 Å². The van der Waals surface area contributed by atoms with Gasteiger partial charge in [-0.05, 0) is 24.8 Å². The lowest BCUT2D eigenvalue weighted by Gasteiger charge is -2.21. The number of rotatable bonds is 4. The van der Waals surface area contributed by atoms with Gasteiger partial charge in [0, 0.05) is 19.7 Å². The number of aromatic nitrogens is 1. The van der Waals surface area contributed by atoms with Crippen LogP contribution < -0.4 is 10.6 Å². The highest BCUT2D eigenvalue weighted by atomic mass is 16.5. The molecule has 0 aliphatic carbocycles. The first-order valence-corrected chi connectivity index (χ1v) is 6.35. The molecule has 1 saturated heterocycles. The molecule has 1 unspecified atom stereocenters. The Morgan fingerprint density at radius 3 is 3.16 bits per heavy atom. The van der Waals surface area contributed by atoms with Crippen LogP contribution in [0.15, 0.2) is 12.3 Å². The number of nitrogens with zero attached hydrogens (tertiary/aromatic N) is 2. The van der Waals surface area contributed by atoms with Gasteiger partial charge >= 0.3 is 5.97 Å². The third-order valence-corrected chi connectivity index (χ3v) is 3.47. The average molecular weight is 265 g/mol. The standard InChI is InChI=1S/C13H19N3O3/c1-19-13(18)10-6-12(14)15-7-11(10)16-4-2-9(8-16)3-5-17/h6-7,9,17H,2-5,8H2,1H3,(H2,14,15). The van der Waals surface area contributed by atoms with Crippen molar-refractivity contribution in [3.8, 4) is 0 Å². The predicted octanol–water partition coefficient (Wildman–Crippen LogP) is 0.659. The average Bonchev–Trinajstić information content (AvgIpc) is 2.86. The molecule has 0 bridgehead atoms. The van der Waals surface area contributed by atoms with Crippen molar-refractivity contribution in [3.63, 3.8) is 0 Å². The number of aliphatic hydroxyl groups excluding tert-OH is 1. The number of pyridine rings is 1. The fraction of sp³-hybridized carbons (Fsp3) is 0.538. The SMILES string of the molecule is COC(=O)c1cc(N)ncc1N1CCC(CCO)C1. The molecule has 1 atom stereocenters. The summed E-state index contributed by atoms with van der Waals surface area (Å²) < 4.78 is 4.78. The zero-order valence-electron chi connectivity index (χ0n) is 11.0. The topological polar surface area (TPSA) is 88.7 Å². The van der Waals surface area contributed by atoms with Crippen molar-refractivity contribution in [3.05, 3.63) is 17.8 Å². The summed E-state index contributed by atoms with van der Waals surface area (Å²) in [6.07, 6.45) is 3.40. The van der Waals surface area contributed by atoms with Crippen LogP contribution in [0, 0.1) is 5.92 Å². The molecule has 6 nitrogen and oxygen atoms in total. The molecule has 0 amide bonds. The van der Waals surface area contributed by atoms with E-state index in [4.69, 9.17) is 15.6 Å². The number of nitrogen functional groups attached to an aromatic ring is 1. The van der Waals surface area contributed by atoms with Gasteiger partial charge in [-0.2, -0.15) is 0 Å². The zero-order valence-corrected chi connectivity index (χ0v) is 11.0. The fourth-order valence-electron chi connectivity index (χ4n) is 2.46. The third-order valence-electron chi connectivity index (χ3n) is 3.47. The van der Waals surface area contributed by atoms with E-state index < -0.39 is 5.97 Å². The smallest absolute Gasteiger partial charge is 0.340 e. The quantitative estimate of drug-likeness (QED) is 0.777. The summed E-state index contributed by atoms with van der Waals surface area (Å²) in [7, 11) is 1.35. The second kappa shape index (κ2) is 5.88. The monoisotopic (exact) mass is 265 g/mol. The Bertz CT molecular complexity index is 464. The summed E-state index contributed by atoms with van der Waals surface area (Å²) >= 11 is 0. The molecule has 1 aromatic rings. The zero-order chi connectivity index (χ0) is 13.8. The van der Waals surface area contributed by atoms with Gasteiger partial charge < -0.3 is 20.5 Å². The summed E-state index contributed by atoms with van der Waals surface area (Å²) in [5.74, 6) is 0.345. The van der Waals surface area contributed by atoms with E-state index in [0.717, 1.165) is 31.6 Å². The molecular formula is C13H19N3O3. The van der Waals surface area contributed by atoms with E-state index in [9.17, 15) is 4.79 Å². The van der Waals surface area contributed by atoms with E-state index in [1.165, 1.54) is 7.11 Å². The van der Waals surface area contributed by atoms with Crippen molar-refractivity contribution in [2.24, 2.45) is 5.92 Å². The van der Waals surface area contributed by atoms with Crippen LogP contribution in [0.3, 0.4) is 0 Å². The lowest BCUT2D eigenvalue weighted by molar-refractivity contribution is 0.0601. The number of esters is 1. The van der Waals surface area contributed by atoms with Crippen molar-refractivity contribution < 1.29 is 14.6 Å². The Kier molecular flexibility index (Phi) is 4.21. The van der Waals surface area contributed by atoms with E-state index in [1.807, 2.05) is 0 Å². The van der Waals surface area contributed by atoms with E-state index in [-0.39, 0.29) is 6.61 Å². The number of carbonyl (C=O) groups excluding carboxylic acids is 1. The number of ether oxygens (including phenoxy) is 1. The van der Waals surface area contributed by atoms with Crippen LogP contribution >= 0.6 is 0 Å². The lowest BCUT2D eigenvalue weighted by atomic mass is 10.1. The first kappa shape index (κ1) is 13.6. The molecule has 1 aromatic heterocycles. The molecule has 2 heterocycles. The third kappa shape index (κ3) is 2.96. The number of methoxy groups -OCH3 is 1. The summed E-state index contributed by atoms with van der Waals surface area (Å²) in [6.45, 7) is 1.86. The van der Waals surface area contributed by atoms with Gasteiger partial charge in [-0.1, -0.05) is 0 Å². The van der Waals surface area contributed by atoms with Gasteiger partial charge in [-0.25, -0.2) is 9.78 Å². The molecule has 0 spiro atoms. The molecule has 3 N–H and O–H groups in total. The minimum Gasteiger partial charge on any atom is -0.465 e. The van der Waals surface area contributed by atoms with Gasteiger partial charge in [0.1, 0.15) is 5.82 Å². The molecule has 2 rings (SSSR count). The molecule has 0 radical (unpaired) electrons. The van der Waals surface area contributed by atoms with Crippen LogP contribution in [0.1, 0.15) is 23.2 Å². The Morgan fingerprint density at radius 1 is 1.68 bits per heavy atom. The van der Waals surface area contributed by atoms with Crippen LogP contribution in [0.5, 0.6) is 0 Å². The van der Waals surface area contributed by atoms with Gasteiger partial charge in [0.2, 0.25) is 0 Å². The van der Waals surface area contributed by atoms with Gasteiger partial charge in [0.05, 0.1) is 24.6 Å². The molecule has 0 aromatic carbocycles. The maximum absolute atomic E-state index is 11.8. The van der Waals surface area contributed by atoms with E-state index >= 15 is 0 Å². The number of nitrogens with two attached hydrogens (primary N) is 1.